The normalized spacial score (nSPS) is 13.0. The van der Waals surface area contributed by atoms with E-state index in [9.17, 15) is 4.79 Å². The Hall–Kier alpha value is -0.100. The van der Waals surface area contributed by atoms with Crippen LogP contribution in [0.1, 0.15) is 25.1 Å². The van der Waals surface area contributed by atoms with Gasteiger partial charge in [-0.1, -0.05) is 18.5 Å². The quantitative estimate of drug-likeness (QED) is 0.855. The Morgan fingerprint density at radius 2 is 2.35 bits per heavy atom. The lowest BCUT2D eigenvalue weighted by molar-refractivity contribution is -0.138. The number of halogens is 2. The Morgan fingerprint density at radius 1 is 1.71 bits per heavy atom. The Bertz CT molecular complexity index is 377. The van der Waals surface area contributed by atoms with Crippen LogP contribution >= 0.6 is 38.9 Å². The molecule has 0 amide bonds. The molecule has 3 nitrogen and oxygen atoms in total. The highest BCUT2D eigenvalue weighted by Gasteiger charge is 2.17. The predicted molar refractivity (Wildman–Crippen MR) is 74.8 cm³/mol. The lowest BCUT2D eigenvalue weighted by atomic mass is 10.2. The van der Waals surface area contributed by atoms with Crippen LogP contribution in [-0.2, 0) is 11.3 Å². The summed E-state index contributed by atoms with van der Waals surface area (Å²) in [5.74, 6) is -0.763. The molecule has 1 unspecified atom stereocenters. The van der Waals surface area contributed by atoms with E-state index < -0.39 is 5.97 Å². The molecule has 1 rings (SSSR count). The molecule has 0 aliphatic heterocycles. The second-order valence-electron chi connectivity index (χ2n) is 3.84. The van der Waals surface area contributed by atoms with Gasteiger partial charge >= 0.3 is 5.97 Å². The van der Waals surface area contributed by atoms with E-state index in [1.807, 2.05) is 19.9 Å². The molecule has 0 saturated carbocycles. The van der Waals surface area contributed by atoms with Crippen LogP contribution in [0.2, 0.25) is 4.34 Å². The lowest BCUT2D eigenvalue weighted by Crippen LogP contribution is -2.33. The van der Waals surface area contributed by atoms with Gasteiger partial charge in [-0.2, -0.15) is 0 Å². The van der Waals surface area contributed by atoms with Gasteiger partial charge in [-0.05, 0) is 35.5 Å². The molecule has 1 atom stereocenters. The largest absolute Gasteiger partial charge is 0.481 e. The second-order valence-corrected chi connectivity index (χ2v) is 6.44. The minimum absolute atomic E-state index is 0.0251. The van der Waals surface area contributed by atoms with Gasteiger partial charge in [0.1, 0.15) is 4.34 Å². The second kappa shape index (κ2) is 6.73. The fraction of sp³-hybridized carbons (Fsp3) is 0.545. The Morgan fingerprint density at radius 3 is 2.76 bits per heavy atom. The number of rotatable bonds is 6. The third-order valence-corrected chi connectivity index (χ3v) is 5.01. The van der Waals surface area contributed by atoms with E-state index >= 15 is 0 Å². The number of aliphatic carboxylic acids is 1. The smallest absolute Gasteiger partial charge is 0.304 e. The summed E-state index contributed by atoms with van der Waals surface area (Å²) < 4.78 is 1.64. The van der Waals surface area contributed by atoms with Crippen molar-refractivity contribution in [2.45, 2.75) is 32.9 Å². The first-order chi connectivity index (χ1) is 7.93. The molecule has 0 bridgehead atoms. The van der Waals surface area contributed by atoms with Crippen molar-refractivity contribution in [2.75, 3.05) is 6.54 Å². The van der Waals surface area contributed by atoms with E-state index in [1.165, 1.54) is 11.3 Å². The van der Waals surface area contributed by atoms with E-state index in [4.69, 9.17) is 16.7 Å². The fourth-order valence-electron chi connectivity index (χ4n) is 1.63. The van der Waals surface area contributed by atoms with Crippen LogP contribution in [0.4, 0.5) is 0 Å². The lowest BCUT2D eigenvalue weighted by Gasteiger charge is -2.25. The average Bonchev–Trinajstić information content (AvgIpc) is 2.53. The van der Waals surface area contributed by atoms with Crippen molar-refractivity contribution >= 4 is 44.8 Å². The predicted octanol–water partition coefficient (Wildman–Crippen LogP) is 3.85. The van der Waals surface area contributed by atoms with Gasteiger partial charge in [0.2, 0.25) is 0 Å². The molecular formula is C11H15BrClNO2S. The fourth-order valence-corrected chi connectivity index (χ4v) is 3.45. The molecule has 96 valence electrons. The minimum atomic E-state index is -0.763. The number of hydrogen-bond acceptors (Lipinski definition) is 3. The Balaban J connectivity index is 2.66. The van der Waals surface area contributed by atoms with Gasteiger partial charge in [0.05, 0.1) is 6.42 Å². The van der Waals surface area contributed by atoms with Crippen LogP contribution in [0.5, 0.6) is 0 Å². The molecule has 0 aromatic carbocycles. The third-order valence-electron chi connectivity index (χ3n) is 2.55. The van der Waals surface area contributed by atoms with E-state index in [1.54, 1.807) is 0 Å². The topological polar surface area (TPSA) is 40.5 Å². The first-order valence-corrected chi connectivity index (χ1v) is 7.32. The molecule has 0 spiro atoms. The molecule has 17 heavy (non-hydrogen) atoms. The third kappa shape index (κ3) is 4.58. The van der Waals surface area contributed by atoms with E-state index in [-0.39, 0.29) is 12.5 Å². The van der Waals surface area contributed by atoms with Gasteiger partial charge in [0.15, 0.2) is 0 Å². The first kappa shape index (κ1) is 15.0. The van der Waals surface area contributed by atoms with Gasteiger partial charge < -0.3 is 5.11 Å². The van der Waals surface area contributed by atoms with Gasteiger partial charge in [-0.15, -0.1) is 11.3 Å². The van der Waals surface area contributed by atoms with Crippen molar-refractivity contribution in [3.8, 4) is 0 Å². The van der Waals surface area contributed by atoms with Gasteiger partial charge in [-0.25, -0.2) is 0 Å². The van der Waals surface area contributed by atoms with Crippen molar-refractivity contribution in [1.29, 1.82) is 0 Å². The monoisotopic (exact) mass is 339 g/mol. The van der Waals surface area contributed by atoms with Crippen LogP contribution in [0.25, 0.3) is 0 Å². The summed E-state index contributed by atoms with van der Waals surface area (Å²) in [6, 6.07) is 2.01. The van der Waals surface area contributed by atoms with Crippen LogP contribution in [0.3, 0.4) is 0 Å². The molecule has 0 saturated heterocycles. The summed E-state index contributed by atoms with van der Waals surface area (Å²) in [7, 11) is 0. The van der Waals surface area contributed by atoms with Crippen LogP contribution in [0, 0.1) is 0 Å². The van der Waals surface area contributed by atoms with Crippen molar-refractivity contribution < 1.29 is 9.90 Å². The molecular weight excluding hydrogens is 326 g/mol. The number of hydrogen-bond donors (Lipinski definition) is 1. The summed E-state index contributed by atoms with van der Waals surface area (Å²) in [6.45, 7) is 5.52. The molecule has 6 heteroatoms. The van der Waals surface area contributed by atoms with E-state index in [0.717, 1.165) is 26.8 Å². The van der Waals surface area contributed by atoms with Gasteiger partial charge in [-0.3, -0.25) is 9.69 Å². The van der Waals surface area contributed by atoms with Crippen LogP contribution in [-0.4, -0.2) is 28.6 Å². The van der Waals surface area contributed by atoms with E-state index in [2.05, 4.69) is 20.8 Å². The van der Waals surface area contributed by atoms with Gasteiger partial charge in [0, 0.05) is 21.9 Å². The molecule has 1 aromatic heterocycles. The average molecular weight is 341 g/mol. The number of carboxylic acids is 1. The molecule has 0 aliphatic carbocycles. The highest BCUT2D eigenvalue weighted by Crippen LogP contribution is 2.32. The Kier molecular flexibility index (Phi) is 5.92. The number of thiophene rings is 1. The summed E-state index contributed by atoms with van der Waals surface area (Å²) >= 11 is 10.9. The maximum atomic E-state index is 10.7. The summed E-state index contributed by atoms with van der Waals surface area (Å²) in [4.78, 5) is 14.0. The number of carboxylic acid groups (broad SMARTS) is 1. The maximum Gasteiger partial charge on any atom is 0.304 e. The van der Waals surface area contributed by atoms with Crippen molar-refractivity contribution in [2.24, 2.45) is 0 Å². The summed E-state index contributed by atoms with van der Waals surface area (Å²) in [6.07, 6.45) is 0.161. The molecule has 1 aromatic rings. The highest BCUT2D eigenvalue weighted by molar-refractivity contribution is 9.10. The molecule has 0 fully saturated rings. The molecule has 0 aliphatic rings. The summed E-state index contributed by atoms with van der Waals surface area (Å²) in [5, 5.41) is 8.79. The van der Waals surface area contributed by atoms with Crippen molar-refractivity contribution in [3.63, 3.8) is 0 Å². The zero-order valence-corrected chi connectivity index (χ0v) is 12.9. The van der Waals surface area contributed by atoms with Crippen LogP contribution < -0.4 is 0 Å². The first-order valence-electron chi connectivity index (χ1n) is 5.33. The number of nitrogens with zero attached hydrogens (tertiary/aromatic N) is 1. The summed E-state index contributed by atoms with van der Waals surface area (Å²) in [5.41, 5.74) is 0. The van der Waals surface area contributed by atoms with Gasteiger partial charge in [0.25, 0.3) is 0 Å². The Labute approximate surface area is 119 Å². The number of carbonyl (C=O) groups is 1. The molecule has 1 heterocycles. The van der Waals surface area contributed by atoms with E-state index in [0.29, 0.717) is 0 Å². The molecule has 1 N–H and O–H groups in total. The van der Waals surface area contributed by atoms with Crippen LogP contribution in [0.15, 0.2) is 10.5 Å². The maximum absolute atomic E-state index is 10.7. The minimum Gasteiger partial charge on any atom is -0.481 e. The zero-order chi connectivity index (χ0) is 13.0. The SMILES string of the molecule is CCN(Cc1cc(Br)c(Cl)s1)C(C)CC(=O)O. The molecule has 0 radical (unpaired) electrons. The zero-order valence-electron chi connectivity index (χ0n) is 9.74. The van der Waals surface area contributed by atoms with Crippen molar-refractivity contribution in [3.05, 3.63) is 19.8 Å². The van der Waals surface area contributed by atoms with Crippen molar-refractivity contribution in [1.82, 2.24) is 4.90 Å². The highest BCUT2D eigenvalue weighted by atomic mass is 79.9. The standard InChI is InChI=1S/C11H15BrClNO2S/c1-3-14(7(2)4-10(15)16)6-8-5-9(12)11(13)17-8/h5,7H,3-4,6H2,1-2H3,(H,15,16).